The highest BCUT2D eigenvalue weighted by atomic mass is 32.2. The van der Waals surface area contributed by atoms with Crippen LogP contribution in [-0.2, 0) is 13.6 Å². The average molecular weight is 363 g/mol. The maximum Gasteiger partial charge on any atom is 0.273 e. The molecule has 25 heavy (non-hydrogen) atoms. The van der Waals surface area contributed by atoms with Crippen LogP contribution in [0.2, 0.25) is 0 Å². The SMILES string of the molecule is Cn1ccnc1SCCNC(=O)c1cn(CCC2CCCCN2)nn1. The molecule has 1 amide bonds. The molecule has 2 aromatic heterocycles. The molecule has 0 saturated carbocycles. The molecule has 2 N–H and O–H groups in total. The van der Waals surface area contributed by atoms with Gasteiger partial charge in [-0.2, -0.15) is 0 Å². The van der Waals surface area contributed by atoms with E-state index in [2.05, 4.69) is 25.9 Å². The summed E-state index contributed by atoms with van der Waals surface area (Å²) in [5.74, 6) is 0.584. The Morgan fingerprint density at radius 2 is 2.40 bits per heavy atom. The maximum atomic E-state index is 12.1. The third-order valence-corrected chi connectivity index (χ3v) is 5.35. The highest BCUT2D eigenvalue weighted by Gasteiger charge is 2.14. The summed E-state index contributed by atoms with van der Waals surface area (Å²) in [6.07, 6.45) is 10.2. The quantitative estimate of drug-likeness (QED) is 0.539. The highest BCUT2D eigenvalue weighted by Crippen LogP contribution is 2.13. The zero-order valence-electron chi connectivity index (χ0n) is 14.5. The van der Waals surface area contributed by atoms with Gasteiger partial charge in [0.1, 0.15) is 0 Å². The Balaban J connectivity index is 1.37. The number of carbonyl (C=O) groups excluding carboxylic acids is 1. The number of carbonyl (C=O) groups is 1. The Morgan fingerprint density at radius 3 is 3.16 bits per heavy atom. The van der Waals surface area contributed by atoms with Crippen LogP contribution in [0.15, 0.2) is 23.7 Å². The van der Waals surface area contributed by atoms with Gasteiger partial charge in [0.15, 0.2) is 10.9 Å². The number of rotatable bonds is 8. The second-order valence-corrected chi connectivity index (χ2v) is 7.29. The molecule has 9 heteroatoms. The first-order valence-corrected chi connectivity index (χ1v) is 9.73. The van der Waals surface area contributed by atoms with Crippen molar-refractivity contribution >= 4 is 17.7 Å². The summed E-state index contributed by atoms with van der Waals surface area (Å²) in [4.78, 5) is 16.4. The lowest BCUT2D eigenvalue weighted by atomic mass is 10.0. The topological polar surface area (TPSA) is 89.7 Å². The summed E-state index contributed by atoms with van der Waals surface area (Å²) in [6.45, 7) is 2.45. The molecule has 136 valence electrons. The number of imidazole rings is 1. The van der Waals surface area contributed by atoms with Crippen molar-refractivity contribution in [3.05, 3.63) is 24.3 Å². The van der Waals surface area contributed by atoms with Crippen LogP contribution in [0.3, 0.4) is 0 Å². The van der Waals surface area contributed by atoms with E-state index in [1.165, 1.54) is 19.3 Å². The summed E-state index contributed by atoms with van der Waals surface area (Å²) < 4.78 is 3.72. The van der Waals surface area contributed by atoms with E-state index in [4.69, 9.17) is 0 Å². The number of aryl methyl sites for hydroxylation is 2. The first-order valence-electron chi connectivity index (χ1n) is 8.74. The molecule has 0 aromatic carbocycles. The standard InChI is InChI=1S/C16H25N7OS/c1-22-10-7-19-16(22)25-11-8-18-15(24)14-12-23(21-20-14)9-5-13-4-2-3-6-17-13/h7,10,12-13,17H,2-6,8-9,11H2,1H3,(H,18,24). The van der Waals surface area contributed by atoms with Gasteiger partial charge in [-0.25, -0.2) is 4.98 Å². The van der Waals surface area contributed by atoms with Crippen LogP contribution in [-0.4, -0.2) is 55.3 Å². The zero-order chi connectivity index (χ0) is 17.5. The lowest BCUT2D eigenvalue weighted by Gasteiger charge is -2.23. The van der Waals surface area contributed by atoms with Gasteiger partial charge < -0.3 is 15.2 Å². The molecule has 0 spiro atoms. The molecule has 1 aliphatic rings. The Morgan fingerprint density at radius 1 is 1.48 bits per heavy atom. The third-order valence-electron chi connectivity index (χ3n) is 4.29. The van der Waals surface area contributed by atoms with Gasteiger partial charge in [0.05, 0.1) is 6.20 Å². The minimum absolute atomic E-state index is 0.178. The van der Waals surface area contributed by atoms with E-state index in [0.29, 0.717) is 18.3 Å². The smallest absolute Gasteiger partial charge is 0.273 e. The molecular formula is C16H25N7OS. The minimum atomic E-state index is -0.178. The fourth-order valence-corrected chi connectivity index (χ4v) is 3.65. The fraction of sp³-hybridized carbons (Fsp3) is 0.625. The molecule has 1 saturated heterocycles. The van der Waals surface area contributed by atoms with Gasteiger partial charge in [-0.15, -0.1) is 5.10 Å². The van der Waals surface area contributed by atoms with Crippen molar-refractivity contribution in [1.29, 1.82) is 0 Å². The second kappa shape index (κ2) is 9.00. The van der Waals surface area contributed by atoms with Gasteiger partial charge >= 0.3 is 0 Å². The van der Waals surface area contributed by atoms with Crippen molar-refractivity contribution in [3.63, 3.8) is 0 Å². The lowest BCUT2D eigenvalue weighted by Crippen LogP contribution is -2.34. The molecule has 1 unspecified atom stereocenters. The van der Waals surface area contributed by atoms with E-state index in [9.17, 15) is 4.79 Å². The molecule has 0 aliphatic carbocycles. The largest absolute Gasteiger partial charge is 0.350 e. The molecular weight excluding hydrogens is 338 g/mol. The van der Waals surface area contributed by atoms with E-state index in [-0.39, 0.29) is 5.91 Å². The lowest BCUT2D eigenvalue weighted by molar-refractivity contribution is 0.0951. The summed E-state index contributed by atoms with van der Waals surface area (Å²) in [6, 6.07) is 0.554. The second-order valence-electron chi connectivity index (χ2n) is 6.23. The van der Waals surface area contributed by atoms with E-state index >= 15 is 0 Å². The van der Waals surface area contributed by atoms with Crippen LogP contribution < -0.4 is 10.6 Å². The number of nitrogens with one attached hydrogen (secondary N) is 2. The van der Waals surface area contributed by atoms with Crippen LogP contribution in [0.4, 0.5) is 0 Å². The zero-order valence-corrected chi connectivity index (χ0v) is 15.3. The number of amides is 1. The van der Waals surface area contributed by atoms with E-state index < -0.39 is 0 Å². The van der Waals surface area contributed by atoms with E-state index in [1.807, 2.05) is 17.8 Å². The van der Waals surface area contributed by atoms with Gasteiger partial charge in [0.2, 0.25) is 0 Å². The van der Waals surface area contributed by atoms with Gasteiger partial charge in [-0.05, 0) is 25.8 Å². The summed E-state index contributed by atoms with van der Waals surface area (Å²) in [5, 5.41) is 15.4. The van der Waals surface area contributed by atoms with Crippen LogP contribution in [0, 0.1) is 0 Å². The van der Waals surface area contributed by atoms with Crippen molar-refractivity contribution in [2.45, 2.75) is 43.4 Å². The van der Waals surface area contributed by atoms with Crippen molar-refractivity contribution in [1.82, 2.24) is 35.2 Å². The first kappa shape index (κ1) is 17.9. The van der Waals surface area contributed by atoms with Gasteiger partial charge in [0.25, 0.3) is 5.91 Å². The monoisotopic (exact) mass is 363 g/mol. The molecule has 3 rings (SSSR count). The van der Waals surface area contributed by atoms with E-state index in [0.717, 1.165) is 30.4 Å². The Kier molecular flexibility index (Phi) is 6.46. The van der Waals surface area contributed by atoms with Crippen molar-refractivity contribution in [2.24, 2.45) is 7.05 Å². The molecule has 2 aromatic rings. The summed E-state index contributed by atoms with van der Waals surface area (Å²) in [5.41, 5.74) is 0.374. The Labute approximate surface area is 151 Å². The minimum Gasteiger partial charge on any atom is -0.350 e. The number of piperidine rings is 1. The molecule has 0 radical (unpaired) electrons. The molecule has 0 bridgehead atoms. The number of aromatic nitrogens is 5. The highest BCUT2D eigenvalue weighted by molar-refractivity contribution is 7.99. The molecule has 1 atom stereocenters. The fourth-order valence-electron chi connectivity index (χ4n) is 2.86. The average Bonchev–Trinajstić information content (AvgIpc) is 3.27. The molecule has 1 fully saturated rings. The Hall–Kier alpha value is -1.87. The van der Waals surface area contributed by atoms with Gasteiger partial charge in [0, 0.05) is 44.3 Å². The van der Waals surface area contributed by atoms with Crippen LogP contribution in [0.1, 0.15) is 36.2 Å². The first-order chi connectivity index (χ1) is 12.2. The van der Waals surface area contributed by atoms with Crippen LogP contribution >= 0.6 is 11.8 Å². The van der Waals surface area contributed by atoms with Crippen LogP contribution in [0.5, 0.6) is 0 Å². The van der Waals surface area contributed by atoms with Gasteiger partial charge in [-0.3, -0.25) is 9.48 Å². The van der Waals surface area contributed by atoms with Crippen molar-refractivity contribution in [2.75, 3.05) is 18.8 Å². The number of hydrogen-bond acceptors (Lipinski definition) is 6. The normalized spacial score (nSPS) is 17.6. The molecule has 3 heterocycles. The Bertz CT molecular complexity index is 678. The molecule has 1 aliphatic heterocycles. The predicted molar refractivity (Wildman–Crippen MR) is 96.5 cm³/mol. The number of hydrogen-bond donors (Lipinski definition) is 2. The predicted octanol–water partition coefficient (Wildman–Crippen LogP) is 1.07. The molecule has 8 nitrogen and oxygen atoms in total. The number of nitrogens with zero attached hydrogens (tertiary/aromatic N) is 5. The third kappa shape index (κ3) is 5.30. The summed E-state index contributed by atoms with van der Waals surface area (Å²) in [7, 11) is 1.95. The van der Waals surface area contributed by atoms with Crippen molar-refractivity contribution < 1.29 is 4.79 Å². The van der Waals surface area contributed by atoms with Crippen LogP contribution in [0.25, 0.3) is 0 Å². The number of thioether (sulfide) groups is 1. The van der Waals surface area contributed by atoms with E-state index in [1.54, 1.807) is 28.8 Å². The van der Waals surface area contributed by atoms with Gasteiger partial charge in [-0.1, -0.05) is 23.4 Å². The summed E-state index contributed by atoms with van der Waals surface area (Å²) >= 11 is 1.61. The van der Waals surface area contributed by atoms with Crippen molar-refractivity contribution in [3.8, 4) is 0 Å². The maximum absolute atomic E-state index is 12.1.